The molecule has 1 N–H and O–H groups in total. The number of amides is 1. The van der Waals surface area contributed by atoms with E-state index in [9.17, 15) is 23.7 Å². The number of carbonyl (C=O) groups is 1. The minimum atomic E-state index is -1.28. The first-order valence-electron chi connectivity index (χ1n) is 5.85. The van der Waals surface area contributed by atoms with Crippen LogP contribution in [0.25, 0.3) is 0 Å². The summed E-state index contributed by atoms with van der Waals surface area (Å²) in [5.41, 5.74) is -1.63. The molecule has 0 saturated carbocycles. The van der Waals surface area contributed by atoms with Crippen molar-refractivity contribution in [1.29, 1.82) is 0 Å². The number of furan rings is 1. The minimum Gasteiger partial charge on any atom is -0.465 e. The molecular weight excluding hydrogens is 286 g/mol. The Balaban J connectivity index is 2.15. The first-order valence-corrected chi connectivity index (χ1v) is 5.85. The maximum Gasteiger partial charge on any atom is 0.307 e. The Bertz CT molecular complexity index is 712. The lowest BCUT2D eigenvalue weighted by molar-refractivity contribution is -0.387. The number of carbonyl (C=O) groups excluding carboxylic acids is 1. The molecule has 0 unspecified atom stereocenters. The van der Waals surface area contributed by atoms with Crippen LogP contribution in [-0.2, 0) is 6.54 Å². The first kappa shape index (κ1) is 14.6. The molecule has 2 rings (SSSR count). The maximum absolute atomic E-state index is 13.6. The summed E-state index contributed by atoms with van der Waals surface area (Å²) in [5, 5.41) is 12.8. The van der Waals surface area contributed by atoms with Gasteiger partial charge in [-0.15, -0.1) is 0 Å². The van der Waals surface area contributed by atoms with Gasteiger partial charge < -0.3 is 9.73 Å². The average Bonchev–Trinajstić information content (AvgIpc) is 2.83. The van der Waals surface area contributed by atoms with Crippen LogP contribution in [-0.4, -0.2) is 10.8 Å². The third-order valence-electron chi connectivity index (χ3n) is 2.70. The molecule has 0 aliphatic rings. The van der Waals surface area contributed by atoms with Gasteiger partial charge in [0.05, 0.1) is 23.1 Å². The summed E-state index contributed by atoms with van der Waals surface area (Å²) in [6.07, 6.45) is 0. The van der Waals surface area contributed by atoms with E-state index in [2.05, 4.69) is 5.32 Å². The van der Waals surface area contributed by atoms with Gasteiger partial charge in [0.15, 0.2) is 0 Å². The molecule has 2 aromatic rings. The number of hydrogen-bond donors (Lipinski definition) is 1. The molecular formula is C13H10F2N2O4. The molecule has 6 nitrogen and oxygen atoms in total. The highest BCUT2D eigenvalue weighted by atomic mass is 19.1. The number of hydrogen-bond acceptors (Lipinski definition) is 4. The predicted octanol–water partition coefficient (Wildman–Crippen LogP) is 2.70. The molecule has 1 aromatic heterocycles. The Morgan fingerprint density at radius 1 is 1.33 bits per heavy atom. The predicted molar refractivity (Wildman–Crippen MR) is 67.6 cm³/mol. The Morgan fingerprint density at radius 3 is 2.62 bits per heavy atom. The van der Waals surface area contributed by atoms with Crippen LogP contribution in [0.5, 0.6) is 0 Å². The fourth-order valence-corrected chi connectivity index (χ4v) is 1.69. The molecule has 0 bridgehead atoms. The smallest absolute Gasteiger partial charge is 0.307 e. The van der Waals surface area contributed by atoms with Gasteiger partial charge in [0.1, 0.15) is 17.3 Å². The second-order valence-corrected chi connectivity index (χ2v) is 4.24. The highest BCUT2D eigenvalue weighted by molar-refractivity contribution is 5.94. The van der Waals surface area contributed by atoms with Gasteiger partial charge in [-0.2, -0.15) is 4.39 Å². The van der Waals surface area contributed by atoms with Crippen LogP contribution in [0, 0.1) is 28.7 Å². The molecule has 0 aliphatic carbocycles. The second kappa shape index (κ2) is 5.70. The van der Waals surface area contributed by atoms with Crippen molar-refractivity contribution in [2.45, 2.75) is 13.5 Å². The molecule has 8 heteroatoms. The molecule has 0 aliphatic heterocycles. The summed E-state index contributed by atoms with van der Waals surface area (Å²) in [7, 11) is 0. The highest BCUT2D eigenvalue weighted by Gasteiger charge is 2.22. The zero-order valence-electron chi connectivity index (χ0n) is 10.9. The third kappa shape index (κ3) is 3.22. The number of nitro groups is 1. The standard InChI is InChI=1S/C13H10F2N2O4/c1-7-2-3-8(21-7)6-16-13(18)9-4-11(15)12(17(19)20)5-10(9)14/h2-5H,6H2,1H3,(H,16,18). The molecule has 0 spiro atoms. The Labute approximate surface area is 117 Å². The van der Waals surface area contributed by atoms with E-state index in [4.69, 9.17) is 4.42 Å². The number of nitrogens with one attached hydrogen (secondary N) is 1. The molecule has 1 amide bonds. The number of nitrogens with zero attached hydrogens (tertiary/aromatic N) is 1. The van der Waals surface area contributed by atoms with Crippen LogP contribution in [0.15, 0.2) is 28.7 Å². The number of halogens is 2. The van der Waals surface area contributed by atoms with E-state index in [1.807, 2.05) is 0 Å². The van der Waals surface area contributed by atoms with E-state index in [-0.39, 0.29) is 6.54 Å². The molecule has 0 fully saturated rings. The summed E-state index contributed by atoms with van der Waals surface area (Å²) in [5.74, 6) is -2.25. The fourth-order valence-electron chi connectivity index (χ4n) is 1.69. The average molecular weight is 296 g/mol. The number of aryl methyl sites for hydroxylation is 1. The summed E-state index contributed by atoms with van der Waals surface area (Å²) in [6, 6.07) is 4.19. The lowest BCUT2D eigenvalue weighted by Gasteiger charge is -2.05. The van der Waals surface area contributed by atoms with Gasteiger partial charge in [-0.25, -0.2) is 4.39 Å². The van der Waals surface area contributed by atoms with Crippen molar-refractivity contribution in [3.8, 4) is 0 Å². The van der Waals surface area contributed by atoms with Crippen LogP contribution in [0.4, 0.5) is 14.5 Å². The van der Waals surface area contributed by atoms with Gasteiger partial charge in [0.25, 0.3) is 5.91 Å². The summed E-state index contributed by atoms with van der Waals surface area (Å²) in [4.78, 5) is 21.1. The normalized spacial score (nSPS) is 10.4. The highest BCUT2D eigenvalue weighted by Crippen LogP contribution is 2.21. The molecule has 110 valence electrons. The van der Waals surface area contributed by atoms with Crippen molar-refractivity contribution >= 4 is 11.6 Å². The van der Waals surface area contributed by atoms with Crippen molar-refractivity contribution in [3.05, 3.63) is 63.1 Å². The van der Waals surface area contributed by atoms with E-state index >= 15 is 0 Å². The van der Waals surface area contributed by atoms with Crippen LogP contribution in [0.3, 0.4) is 0 Å². The van der Waals surface area contributed by atoms with Gasteiger partial charge in [-0.05, 0) is 25.1 Å². The molecule has 0 radical (unpaired) electrons. The molecule has 0 saturated heterocycles. The lowest BCUT2D eigenvalue weighted by atomic mass is 10.1. The third-order valence-corrected chi connectivity index (χ3v) is 2.70. The van der Waals surface area contributed by atoms with E-state index < -0.39 is 33.7 Å². The topological polar surface area (TPSA) is 85.4 Å². The van der Waals surface area contributed by atoms with Crippen LogP contribution < -0.4 is 5.32 Å². The monoisotopic (exact) mass is 296 g/mol. The van der Waals surface area contributed by atoms with E-state index in [0.717, 1.165) is 0 Å². The van der Waals surface area contributed by atoms with Gasteiger partial charge in [-0.1, -0.05) is 0 Å². The van der Waals surface area contributed by atoms with E-state index in [1.165, 1.54) is 0 Å². The Kier molecular flexibility index (Phi) is 3.97. The van der Waals surface area contributed by atoms with Crippen molar-refractivity contribution in [3.63, 3.8) is 0 Å². The lowest BCUT2D eigenvalue weighted by Crippen LogP contribution is -2.24. The molecule has 0 atom stereocenters. The number of benzene rings is 1. The molecule has 21 heavy (non-hydrogen) atoms. The van der Waals surface area contributed by atoms with Crippen molar-refractivity contribution < 1.29 is 22.9 Å². The van der Waals surface area contributed by atoms with E-state index in [1.54, 1.807) is 19.1 Å². The van der Waals surface area contributed by atoms with Crippen LogP contribution in [0.2, 0.25) is 0 Å². The van der Waals surface area contributed by atoms with Crippen molar-refractivity contribution in [1.82, 2.24) is 5.32 Å². The zero-order chi connectivity index (χ0) is 15.6. The van der Waals surface area contributed by atoms with Crippen LogP contribution >= 0.6 is 0 Å². The zero-order valence-corrected chi connectivity index (χ0v) is 10.9. The fraction of sp³-hybridized carbons (Fsp3) is 0.154. The summed E-state index contributed by atoms with van der Waals surface area (Å²) >= 11 is 0. The molecule has 1 heterocycles. The van der Waals surface area contributed by atoms with E-state index in [0.29, 0.717) is 23.7 Å². The Hall–Kier alpha value is -2.77. The number of rotatable bonds is 4. The Morgan fingerprint density at radius 2 is 2.05 bits per heavy atom. The van der Waals surface area contributed by atoms with Gasteiger partial charge in [0.2, 0.25) is 5.82 Å². The SMILES string of the molecule is Cc1ccc(CNC(=O)c2cc(F)c([N+](=O)[O-])cc2F)o1. The molecule has 1 aromatic carbocycles. The number of nitro benzene ring substituents is 1. The minimum absolute atomic E-state index is 0.00921. The van der Waals surface area contributed by atoms with Crippen molar-refractivity contribution in [2.75, 3.05) is 0 Å². The quantitative estimate of drug-likeness (QED) is 0.694. The van der Waals surface area contributed by atoms with Gasteiger partial charge in [-0.3, -0.25) is 14.9 Å². The van der Waals surface area contributed by atoms with Crippen molar-refractivity contribution in [2.24, 2.45) is 0 Å². The second-order valence-electron chi connectivity index (χ2n) is 4.24. The van der Waals surface area contributed by atoms with Gasteiger partial charge in [0, 0.05) is 0 Å². The van der Waals surface area contributed by atoms with Gasteiger partial charge >= 0.3 is 5.69 Å². The largest absolute Gasteiger partial charge is 0.465 e. The van der Waals surface area contributed by atoms with Crippen LogP contribution in [0.1, 0.15) is 21.9 Å². The first-order chi connectivity index (χ1) is 9.88. The maximum atomic E-state index is 13.6. The summed E-state index contributed by atoms with van der Waals surface area (Å²) < 4.78 is 32.2. The summed E-state index contributed by atoms with van der Waals surface area (Å²) in [6.45, 7) is 1.71.